The number of rotatable bonds is 8. The van der Waals surface area contributed by atoms with E-state index < -0.39 is 0 Å². The van der Waals surface area contributed by atoms with Crippen molar-refractivity contribution in [3.05, 3.63) is 144 Å². The number of hydrogen-bond acceptors (Lipinski definition) is 4. The molecule has 5 aromatic rings. The quantitative estimate of drug-likeness (QED) is 0.159. The van der Waals surface area contributed by atoms with Crippen LogP contribution in [0.1, 0.15) is 34.6 Å². The van der Waals surface area contributed by atoms with Crippen LogP contribution >= 0.6 is 48.0 Å². The van der Waals surface area contributed by atoms with Gasteiger partial charge in [0, 0.05) is 48.0 Å². The number of halogens is 2. The van der Waals surface area contributed by atoms with Gasteiger partial charge in [0.15, 0.2) is 0 Å². The van der Waals surface area contributed by atoms with Crippen molar-refractivity contribution in [1.82, 2.24) is 9.13 Å². The number of amides is 2. The second-order valence-corrected chi connectivity index (χ2v) is 9.49. The van der Waals surface area contributed by atoms with E-state index in [9.17, 15) is 9.59 Å². The lowest BCUT2D eigenvalue weighted by Crippen LogP contribution is -2.18. The van der Waals surface area contributed by atoms with Gasteiger partial charge >= 0.3 is 0 Å². The summed E-state index contributed by atoms with van der Waals surface area (Å²) in [4.78, 5) is 35.0. The van der Waals surface area contributed by atoms with Crippen LogP contribution in [0.2, 0.25) is 0 Å². The van der Waals surface area contributed by atoms with E-state index in [1.54, 1.807) is 24.3 Å². The molecule has 0 aliphatic rings. The van der Waals surface area contributed by atoms with Crippen molar-refractivity contribution in [3.63, 3.8) is 0 Å². The largest absolute Gasteiger partial charge is 0.333 e. The lowest BCUT2D eigenvalue weighted by atomic mass is 10.1. The lowest BCUT2D eigenvalue weighted by molar-refractivity contribution is 0.101. The van der Waals surface area contributed by atoms with Crippen LogP contribution in [0.25, 0.3) is 0 Å². The Hall–Kier alpha value is -4.04. The Morgan fingerprint density at radius 2 is 0.909 bits per heavy atom. The zero-order valence-electron chi connectivity index (χ0n) is 24.4. The second kappa shape index (κ2) is 16.7. The molecule has 0 aliphatic heterocycles. The lowest BCUT2D eigenvalue weighted by Gasteiger charge is -2.08. The van der Waals surface area contributed by atoms with Crippen molar-refractivity contribution in [3.8, 4) is 0 Å². The van der Waals surface area contributed by atoms with E-state index in [0.717, 1.165) is 35.4 Å². The predicted molar refractivity (Wildman–Crippen MR) is 197 cm³/mol. The maximum Gasteiger partial charge on any atom is 0.255 e. The summed E-state index contributed by atoms with van der Waals surface area (Å²) < 4.78 is 4.11. The van der Waals surface area contributed by atoms with Crippen LogP contribution in [-0.4, -0.2) is 20.9 Å². The second-order valence-electron chi connectivity index (χ2n) is 9.49. The fourth-order valence-corrected chi connectivity index (χ4v) is 4.36. The first-order valence-corrected chi connectivity index (χ1v) is 13.9. The zero-order chi connectivity index (χ0) is 29.3. The number of benzene rings is 3. The summed E-state index contributed by atoms with van der Waals surface area (Å²) in [7, 11) is 0. The minimum Gasteiger partial charge on any atom is -0.333 e. The number of aromatic nitrogens is 2. The van der Waals surface area contributed by atoms with Crippen molar-refractivity contribution in [2.75, 3.05) is 10.6 Å². The summed E-state index contributed by atoms with van der Waals surface area (Å²) in [6.07, 6.45) is 3.98. The highest BCUT2D eigenvalue weighted by Gasteiger charge is 2.10. The first-order chi connectivity index (χ1) is 20.5. The molecular formula is C34H34I2N6O2. The maximum absolute atomic E-state index is 12.8. The van der Waals surface area contributed by atoms with Gasteiger partial charge in [-0.05, 0) is 111 Å². The topological polar surface area (TPSA) is 92.8 Å². The third-order valence-corrected chi connectivity index (χ3v) is 6.66. The minimum absolute atomic E-state index is 0. The van der Waals surface area contributed by atoms with Gasteiger partial charge in [-0.1, -0.05) is 12.1 Å². The van der Waals surface area contributed by atoms with Crippen molar-refractivity contribution in [2.45, 2.75) is 26.9 Å². The molecule has 2 amide bonds. The molecule has 0 unspecified atom stereocenters. The van der Waals surface area contributed by atoms with Crippen LogP contribution < -0.4 is 21.6 Å². The third kappa shape index (κ3) is 8.99. The molecule has 2 aromatic heterocycles. The van der Waals surface area contributed by atoms with E-state index >= 15 is 0 Å². The molecule has 0 bridgehead atoms. The maximum atomic E-state index is 12.8. The first kappa shape index (κ1) is 34.5. The number of nitrogens with one attached hydrogen (secondary N) is 2. The summed E-state index contributed by atoms with van der Waals surface area (Å²) in [6.45, 7) is 5.79. The Bertz CT molecular complexity index is 1690. The molecule has 10 heteroatoms. The van der Waals surface area contributed by atoms with E-state index in [1.165, 1.54) is 0 Å². The van der Waals surface area contributed by atoms with Gasteiger partial charge in [-0.25, -0.2) is 9.98 Å². The van der Waals surface area contributed by atoms with Gasteiger partial charge in [-0.2, -0.15) is 0 Å². The summed E-state index contributed by atoms with van der Waals surface area (Å²) in [5.41, 5.74) is 5.52. The Labute approximate surface area is 290 Å². The van der Waals surface area contributed by atoms with Gasteiger partial charge < -0.3 is 19.8 Å². The smallest absolute Gasteiger partial charge is 0.255 e. The van der Waals surface area contributed by atoms with Gasteiger partial charge in [-0.3, -0.25) is 9.59 Å². The molecule has 0 aliphatic carbocycles. The first-order valence-electron chi connectivity index (χ1n) is 13.9. The molecular weight excluding hydrogens is 778 g/mol. The van der Waals surface area contributed by atoms with E-state index in [4.69, 9.17) is 0 Å². The average molecular weight is 812 g/mol. The summed E-state index contributed by atoms with van der Waals surface area (Å²) in [5.74, 6) is -0.527. The Morgan fingerprint density at radius 1 is 0.545 bits per heavy atom. The third-order valence-electron chi connectivity index (χ3n) is 6.66. The van der Waals surface area contributed by atoms with Gasteiger partial charge in [0.2, 0.25) is 0 Å². The van der Waals surface area contributed by atoms with Crippen molar-refractivity contribution >= 4 is 82.5 Å². The van der Waals surface area contributed by atoms with Crippen LogP contribution in [-0.2, 0) is 13.1 Å². The number of hydrogen-bond donors (Lipinski definition) is 2. The SMILES string of the molecule is CCn1ccccc1=Nc1ccc(NC(=O)c2ccc(C(=O)Nc3ccc(N=c4ccccn4CC)cc3)cc2)cc1.I.I. The zero-order valence-corrected chi connectivity index (χ0v) is 29.0. The molecule has 0 saturated heterocycles. The molecule has 3 aromatic carbocycles. The van der Waals surface area contributed by atoms with Crippen LogP contribution in [0.4, 0.5) is 22.7 Å². The standard InChI is InChI=1S/C34H32N6O2.2HI/c1-3-39-23-7-5-9-31(39)35-27-15-19-29(20-16-27)37-33(41)25-11-13-26(14-12-25)34(42)38-30-21-17-28(18-22-30)36-32-10-6-8-24-40(32)4-2;;/h5-24H,3-4H2,1-2H3,(H,37,41)(H,38,42);2*1H. The van der Waals surface area contributed by atoms with Gasteiger partial charge in [0.1, 0.15) is 11.0 Å². The highest BCUT2D eigenvalue weighted by molar-refractivity contribution is 14.0. The highest BCUT2D eigenvalue weighted by atomic mass is 127. The molecule has 0 spiro atoms. The van der Waals surface area contributed by atoms with E-state index in [1.807, 2.05) is 97.3 Å². The normalized spacial score (nSPS) is 11.2. The van der Waals surface area contributed by atoms with E-state index in [2.05, 4.69) is 43.6 Å². The number of aryl methyl sites for hydroxylation is 2. The number of pyridine rings is 2. The predicted octanol–water partition coefficient (Wildman–Crippen LogP) is 7.53. The summed E-state index contributed by atoms with van der Waals surface area (Å²) >= 11 is 0. The Morgan fingerprint density at radius 3 is 1.25 bits per heavy atom. The average Bonchev–Trinajstić information content (AvgIpc) is 3.03. The van der Waals surface area contributed by atoms with Gasteiger partial charge in [-0.15, -0.1) is 48.0 Å². The molecule has 8 nitrogen and oxygen atoms in total. The van der Waals surface area contributed by atoms with Crippen LogP contribution in [0, 0.1) is 0 Å². The molecule has 0 radical (unpaired) electrons. The minimum atomic E-state index is -0.263. The number of anilines is 2. The molecule has 44 heavy (non-hydrogen) atoms. The molecule has 0 atom stereocenters. The monoisotopic (exact) mass is 812 g/mol. The highest BCUT2D eigenvalue weighted by Crippen LogP contribution is 2.18. The van der Waals surface area contributed by atoms with E-state index in [-0.39, 0.29) is 59.8 Å². The molecule has 0 fully saturated rings. The molecule has 2 N–H and O–H groups in total. The van der Waals surface area contributed by atoms with E-state index in [0.29, 0.717) is 22.5 Å². The Balaban J connectivity index is 0.00000264. The van der Waals surface area contributed by atoms with Crippen molar-refractivity contribution in [1.29, 1.82) is 0 Å². The fourth-order valence-electron chi connectivity index (χ4n) is 4.36. The van der Waals surface area contributed by atoms with Crippen molar-refractivity contribution < 1.29 is 9.59 Å². The van der Waals surface area contributed by atoms with Gasteiger partial charge in [0.25, 0.3) is 11.8 Å². The molecule has 0 saturated carbocycles. The number of carbonyl (C=O) groups is 2. The number of carbonyl (C=O) groups excluding carboxylic acids is 2. The Kier molecular flexibility index (Phi) is 13.1. The van der Waals surface area contributed by atoms with Crippen LogP contribution in [0.5, 0.6) is 0 Å². The molecule has 226 valence electrons. The van der Waals surface area contributed by atoms with Gasteiger partial charge in [0.05, 0.1) is 11.4 Å². The molecule has 5 rings (SSSR count). The van der Waals surface area contributed by atoms with Crippen LogP contribution in [0.3, 0.4) is 0 Å². The number of nitrogens with zero attached hydrogens (tertiary/aromatic N) is 4. The summed E-state index contributed by atoms with van der Waals surface area (Å²) in [6, 6.07) is 33.0. The summed E-state index contributed by atoms with van der Waals surface area (Å²) in [5, 5.41) is 5.79. The fraction of sp³-hybridized carbons (Fsp3) is 0.118. The van der Waals surface area contributed by atoms with Crippen LogP contribution in [0.15, 0.2) is 132 Å². The van der Waals surface area contributed by atoms with Crippen molar-refractivity contribution in [2.24, 2.45) is 9.98 Å². The molecule has 2 heterocycles.